The van der Waals surface area contributed by atoms with Gasteiger partial charge in [0.1, 0.15) is 12.3 Å². The molecule has 0 aliphatic heterocycles. The van der Waals surface area contributed by atoms with Gasteiger partial charge in [-0.3, -0.25) is 9.10 Å². The van der Waals surface area contributed by atoms with Gasteiger partial charge in [-0.2, -0.15) is 13.2 Å². The lowest BCUT2D eigenvalue weighted by Gasteiger charge is -2.25. The molecule has 3 aromatic rings. The number of ether oxygens (including phenoxy) is 1. The molecular weight excluding hydrogens is 493 g/mol. The molecule has 180 valence electrons. The normalized spacial score (nSPS) is 11.7. The number of amides is 1. The van der Waals surface area contributed by atoms with Crippen LogP contribution in [0.2, 0.25) is 5.02 Å². The van der Waals surface area contributed by atoms with Crippen molar-refractivity contribution in [2.45, 2.75) is 18.0 Å². The van der Waals surface area contributed by atoms with Crippen molar-refractivity contribution in [1.29, 1.82) is 0 Å². The number of nitrogens with zero attached hydrogens (tertiary/aromatic N) is 1. The maximum atomic E-state index is 13.4. The SMILES string of the molecule is COc1ccc(C)cc1NC(=O)CN(c1ccc(Cl)c(C(F)(F)F)c1)S(=O)(=O)c1ccccc1. The molecule has 0 saturated carbocycles. The molecule has 6 nitrogen and oxygen atoms in total. The van der Waals surface area contributed by atoms with Gasteiger partial charge in [-0.25, -0.2) is 8.42 Å². The van der Waals surface area contributed by atoms with Crippen LogP contribution in [0, 0.1) is 6.92 Å². The highest BCUT2D eigenvalue weighted by Gasteiger charge is 2.35. The number of alkyl halides is 3. The molecular formula is C23H20ClF3N2O4S. The summed E-state index contributed by atoms with van der Waals surface area (Å²) in [6, 6.07) is 14.7. The van der Waals surface area contributed by atoms with E-state index in [2.05, 4.69) is 5.32 Å². The molecule has 0 fully saturated rings. The maximum absolute atomic E-state index is 13.4. The Hall–Kier alpha value is -3.24. The van der Waals surface area contributed by atoms with E-state index in [-0.39, 0.29) is 16.3 Å². The average Bonchev–Trinajstić information content (AvgIpc) is 2.78. The van der Waals surface area contributed by atoms with Crippen molar-refractivity contribution >= 4 is 38.9 Å². The first-order chi connectivity index (χ1) is 15.9. The molecule has 0 unspecified atom stereocenters. The zero-order valence-electron chi connectivity index (χ0n) is 18.1. The van der Waals surface area contributed by atoms with Crippen molar-refractivity contribution in [2.75, 3.05) is 23.3 Å². The minimum atomic E-state index is -4.83. The molecule has 0 atom stereocenters. The van der Waals surface area contributed by atoms with Crippen LogP contribution in [0.1, 0.15) is 11.1 Å². The van der Waals surface area contributed by atoms with E-state index in [0.29, 0.717) is 16.1 Å². The van der Waals surface area contributed by atoms with Crippen LogP contribution in [0.4, 0.5) is 24.5 Å². The van der Waals surface area contributed by atoms with Gasteiger partial charge in [0.2, 0.25) is 5.91 Å². The van der Waals surface area contributed by atoms with E-state index in [4.69, 9.17) is 16.3 Å². The van der Waals surface area contributed by atoms with E-state index >= 15 is 0 Å². The average molecular weight is 513 g/mol. The smallest absolute Gasteiger partial charge is 0.417 e. The number of anilines is 2. The van der Waals surface area contributed by atoms with Gasteiger partial charge in [-0.05, 0) is 55.0 Å². The molecule has 1 amide bonds. The minimum absolute atomic E-state index is 0.195. The van der Waals surface area contributed by atoms with Crippen molar-refractivity contribution in [2.24, 2.45) is 0 Å². The molecule has 3 aromatic carbocycles. The van der Waals surface area contributed by atoms with Crippen molar-refractivity contribution < 1.29 is 31.1 Å². The number of rotatable bonds is 7. The zero-order chi connectivity index (χ0) is 25.1. The van der Waals surface area contributed by atoms with Crippen molar-refractivity contribution in [3.05, 3.63) is 82.9 Å². The summed E-state index contributed by atoms with van der Waals surface area (Å²) in [7, 11) is -3.01. The third-order valence-corrected chi connectivity index (χ3v) is 6.91. The summed E-state index contributed by atoms with van der Waals surface area (Å²) < 4.78 is 72.8. The number of methoxy groups -OCH3 is 1. The first-order valence-corrected chi connectivity index (χ1v) is 11.6. The van der Waals surface area contributed by atoms with Gasteiger partial charge < -0.3 is 10.1 Å². The molecule has 0 aliphatic carbocycles. The lowest BCUT2D eigenvalue weighted by Crippen LogP contribution is -2.38. The highest BCUT2D eigenvalue weighted by molar-refractivity contribution is 7.92. The van der Waals surface area contributed by atoms with E-state index in [1.54, 1.807) is 31.2 Å². The van der Waals surface area contributed by atoms with E-state index in [9.17, 15) is 26.4 Å². The van der Waals surface area contributed by atoms with Crippen molar-refractivity contribution in [1.82, 2.24) is 0 Å². The van der Waals surface area contributed by atoms with Gasteiger partial charge in [0.25, 0.3) is 10.0 Å². The molecule has 3 rings (SSSR count). The Morgan fingerprint density at radius 3 is 2.35 bits per heavy atom. The van der Waals surface area contributed by atoms with Crippen LogP contribution in [0.25, 0.3) is 0 Å². The number of hydrogen-bond acceptors (Lipinski definition) is 4. The van der Waals surface area contributed by atoms with Gasteiger partial charge in [-0.15, -0.1) is 0 Å². The summed E-state index contributed by atoms with van der Waals surface area (Å²) in [4.78, 5) is 12.7. The molecule has 0 bridgehead atoms. The maximum Gasteiger partial charge on any atom is 0.417 e. The second-order valence-electron chi connectivity index (χ2n) is 7.24. The summed E-state index contributed by atoms with van der Waals surface area (Å²) in [5.41, 5.74) is -0.498. The van der Waals surface area contributed by atoms with Gasteiger partial charge in [0.15, 0.2) is 0 Å². The fourth-order valence-corrected chi connectivity index (χ4v) is 4.82. The van der Waals surface area contributed by atoms with Crippen LogP contribution in [0.3, 0.4) is 0 Å². The molecule has 34 heavy (non-hydrogen) atoms. The summed E-state index contributed by atoms with van der Waals surface area (Å²) in [6.45, 7) is 0.987. The molecule has 11 heteroatoms. The van der Waals surface area contributed by atoms with Crippen LogP contribution in [0.5, 0.6) is 5.75 Å². The fourth-order valence-electron chi connectivity index (χ4n) is 3.16. The highest BCUT2D eigenvalue weighted by atomic mass is 35.5. The molecule has 0 heterocycles. The standard InChI is InChI=1S/C23H20ClF3N2O4S/c1-15-8-11-21(33-2)20(12-15)28-22(30)14-29(34(31,32)17-6-4-3-5-7-17)16-9-10-19(24)18(13-16)23(25,26)27/h3-13H,14H2,1-2H3,(H,28,30). The zero-order valence-corrected chi connectivity index (χ0v) is 19.6. The number of sulfonamides is 1. The Balaban J connectivity index is 2.05. The number of carbonyl (C=O) groups is 1. The second-order valence-corrected chi connectivity index (χ2v) is 9.51. The first-order valence-electron chi connectivity index (χ1n) is 9.82. The van der Waals surface area contributed by atoms with Crippen molar-refractivity contribution in [3.63, 3.8) is 0 Å². The highest BCUT2D eigenvalue weighted by Crippen LogP contribution is 2.38. The Morgan fingerprint density at radius 1 is 1.06 bits per heavy atom. The lowest BCUT2D eigenvalue weighted by atomic mass is 10.2. The number of nitrogens with one attached hydrogen (secondary N) is 1. The van der Waals surface area contributed by atoms with Crippen LogP contribution < -0.4 is 14.4 Å². The minimum Gasteiger partial charge on any atom is -0.495 e. The molecule has 0 aliphatic rings. The third kappa shape index (κ3) is 5.63. The number of hydrogen-bond donors (Lipinski definition) is 1. The van der Waals surface area contributed by atoms with Crippen molar-refractivity contribution in [3.8, 4) is 5.75 Å². The van der Waals surface area contributed by atoms with Gasteiger partial charge >= 0.3 is 6.18 Å². The Labute approximate surface area is 200 Å². The Morgan fingerprint density at radius 2 is 1.74 bits per heavy atom. The molecule has 1 N–H and O–H groups in total. The number of aryl methyl sites for hydroxylation is 1. The predicted molar refractivity (Wildman–Crippen MR) is 124 cm³/mol. The summed E-state index contributed by atoms with van der Waals surface area (Å²) in [6.07, 6.45) is -4.83. The quantitative estimate of drug-likeness (QED) is 0.453. The van der Waals surface area contributed by atoms with Gasteiger partial charge in [0.05, 0.1) is 34.0 Å². The van der Waals surface area contributed by atoms with E-state index in [1.165, 1.54) is 31.4 Å². The topological polar surface area (TPSA) is 75.7 Å². The van der Waals surface area contributed by atoms with Gasteiger partial charge in [0, 0.05) is 0 Å². The van der Waals surface area contributed by atoms with E-state index < -0.39 is 39.2 Å². The Bertz CT molecular complexity index is 1300. The second kappa shape index (κ2) is 9.94. The number of carbonyl (C=O) groups excluding carboxylic acids is 1. The van der Waals surface area contributed by atoms with Crippen LogP contribution >= 0.6 is 11.6 Å². The first kappa shape index (κ1) is 25.4. The Kier molecular flexibility index (Phi) is 7.42. The van der Waals surface area contributed by atoms with Crippen LogP contribution in [0.15, 0.2) is 71.6 Å². The fraction of sp³-hybridized carbons (Fsp3) is 0.174. The monoisotopic (exact) mass is 512 g/mol. The predicted octanol–water partition coefficient (Wildman–Crippen LogP) is 5.51. The molecule has 0 spiro atoms. The summed E-state index contributed by atoms with van der Waals surface area (Å²) >= 11 is 5.70. The van der Waals surface area contributed by atoms with Crippen LogP contribution in [-0.2, 0) is 21.0 Å². The summed E-state index contributed by atoms with van der Waals surface area (Å²) in [5, 5.41) is 1.97. The lowest BCUT2D eigenvalue weighted by molar-refractivity contribution is -0.137. The number of halogens is 4. The third-order valence-electron chi connectivity index (χ3n) is 4.79. The molecule has 0 aromatic heterocycles. The van der Waals surface area contributed by atoms with Crippen LogP contribution in [-0.4, -0.2) is 28.0 Å². The largest absolute Gasteiger partial charge is 0.495 e. The van der Waals surface area contributed by atoms with Gasteiger partial charge in [-0.1, -0.05) is 35.9 Å². The summed E-state index contributed by atoms with van der Waals surface area (Å²) in [5.74, 6) is -0.450. The molecule has 0 saturated heterocycles. The van der Waals surface area contributed by atoms with E-state index in [1.807, 2.05) is 0 Å². The molecule has 0 radical (unpaired) electrons. The number of benzene rings is 3. The van der Waals surface area contributed by atoms with E-state index in [0.717, 1.165) is 17.7 Å².